The maximum atomic E-state index is 11.5. The number of ketones is 1. The first-order valence-corrected chi connectivity index (χ1v) is 4.71. The standard InChI is InChI=1S/C11H18O3/c1-6-9(8(3)12)10(13)14-11(4,5)7-2/h7,9H,2,6H2,1,3-5H3. The van der Waals surface area contributed by atoms with Crippen LogP contribution in [-0.2, 0) is 14.3 Å². The molecule has 3 nitrogen and oxygen atoms in total. The Hall–Kier alpha value is -1.12. The summed E-state index contributed by atoms with van der Waals surface area (Å²) in [6.07, 6.45) is 2.01. The fourth-order valence-electron chi connectivity index (χ4n) is 0.992. The summed E-state index contributed by atoms with van der Waals surface area (Å²) >= 11 is 0. The largest absolute Gasteiger partial charge is 0.455 e. The van der Waals surface area contributed by atoms with Gasteiger partial charge < -0.3 is 4.74 Å². The van der Waals surface area contributed by atoms with Crippen LogP contribution in [0, 0.1) is 5.92 Å². The summed E-state index contributed by atoms with van der Waals surface area (Å²) in [5, 5.41) is 0. The zero-order valence-electron chi connectivity index (χ0n) is 9.29. The molecule has 0 rings (SSSR count). The minimum absolute atomic E-state index is 0.155. The van der Waals surface area contributed by atoms with E-state index in [1.807, 2.05) is 0 Å². The third kappa shape index (κ3) is 3.73. The van der Waals surface area contributed by atoms with Crippen LogP contribution in [0.1, 0.15) is 34.1 Å². The van der Waals surface area contributed by atoms with E-state index in [1.165, 1.54) is 13.0 Å². The van der Waals surface area contributed by atoms with Crippen molar-refractivity contribution >= 4 is 11.8 Å². The highest BCUT2D eigenvalue weighted by molar-refractivity contribution is 5.97. The summed E-state index contributed by atoms with van der Waals surface area (Å²) in [6, 6.07) is 0. The zero-order valence-corrected chi connectivity index (χ0v) is 9.29. The lowest BCUT2D eigenvalue weighted by Crippen LogP contribution is -2.32. The lowest BCUT2D eigenvalue weighted by atomic mass is 10.0. The van der Waals surface area contributed by atoms with Crippen LogP contribution in [0.15, 0.2) is 12.7 Å². The molecule has 0 heterocycles. The van der Waals surface area contributed by atoms with Crippen LogP contribution in [0.3, 0.4) is 0 Å². The Bertz CT molecular complexity index is 241. The number of ether oxygens (including phenoxy) is 1. The van der Waals surface area contributed by atoms with Gasteiger partial charge in [-0.05, 0) is 33.3 Å². The van der Waals surface area contributed by atoms with Crippen LogP contribution in [0.5, 0.6) is 0 Å². The third-order valence-electron chi connectivity index (χ3n) is 2.04. The van der Waals surface area contributed by atoms with Gasteiger partial charge in [0.2, 0.25) is 0 Å². The summed E-state index contributed by atoms with van der Waals surface area (Å²) in [6.45, 7) is 10.2. The van der Waals surface area contributed by atoms with Gasteiger partial charge >= 0.3 is 5.97 Å². The second-order valence-corrected chi connectivity index (χ2v) is 3.80. The molecule has 0 spiro atoms. The molecule has 80 valence electrons. The highest BCUT2D eigenvalue weighted by Gasteiger charge is 2.27. The van der Waals surface area contributed by atoms with Crippen molar-refractivity contribution in [2.24, 2.45) is 5.92 Å². The lowest BCUT2D eigenvalue weighted by Gasteiger charge is -2.23. The summed E-state index contributed by atoms with van der Waals surface area (Å²) in [5.41, 5.74) is -0.708. The van der Waals surface area contributed by atoms with E-state index >= 15 is 0 Å². The maximum absolute atomic E-state index is 11.5. The summed E-state index contributed by atoms with van der Waals surface area (Å²) in [5.74, 6) is -1.27. The predicted molar refractivity (Wildman–Crippen MR) is 54.8 cm³/mol. The van der Waals surface area contributed by atoms with Gasteiger partial charge in [0.15, 0.2) is 0 Å². The van der Waals surface area contributed by atoms with E-state index in [0.29, 0.717) is 6.42 Å². The van der Waals surface area contributed by atoms with Gasteiger partial charge in [-0.15, -0.1) is 0 Å². The minimum Gasteiger partial charge on any atom is -0.455 e. The van der Waals surface area contributed by atoms with Crippen LogP contribution in [0.4, 0.5) is 0 Å². The molecule has 0 aromatic carbocycles. The quantitative estimate of drug-likeness (QED) is 0.386. The Labute approximate surface area is 85.1 Å². The van der Waals surface area contributed by atoms with Gasteiger partial charge in [0.05, 0.1) is 0 Å². The molecule has 0 fully saturated rings. The van der Waals surface area contributed by atoms with Gasteiger partial charge in [0, 0.05) is 0 Å². The molecule has 0 saturated heterocycles. The van der Waals surface area contributed by atoms with E-state index in [-0.39, 0.29) is 5.78 Å². The van der Waals surface area contributed by atoms with E-state index in [4.69, 9.17) is 4.74 Å². The maximum Gasteiger partial charge on any atom is 0.317 e. The van der Waals surface area contributed by atoms with Crippen LogP contribution < -0.4 is 0 Å². The monoisotopic (exact) mass is 198 g/mol. The van der Waals surface area contributed by atoms with E-state index < -0.39 is 17.5 Å². The summed E-state index contributed by atoms with van der Waals surface area (Å²) in [4.78, 5) is 22.6. The molecule has 0 aliphatic rings. The van der Waals surface area contributed by atoms with Crippen molar-refractivity contribution in [2.75, 3.05) is 0 Å². The Morgan fingerprint density at radius 2 is 2.00 bits per heavy atom. The molecule has 0 aliphatic carbocycles. The topological polar surface area (TPSA) is 43.4 Å². The zero-order chi connectivity index (χ0) is 11.4. The van der Waals surface area contributed by atoms with Crippen LogP contribution in [0.2, 0.25) is 0 Å². The van der Waals surface area contributed by atoms with Crippen molar-refractivity contribution in [3.8, 4) is 0 Å². The molecule has 3 heteroatoms. The van der Waals surface area contributed by atoms with Crippen LogP contribution in [0.25, 0.3) is 0 Å². The van der Waals surface area contributed by atoms with E-state index in [1.54, 1.807) is 20.8 Å². The second kappa shape index (κ2) is 4.94. The molecule has 1 unspecified atom stereocenters. The fourth-order valence-corrected chi connectivity index (χ4v) is 0.992. The van der Waals surface area contributed by atoms with Gasteiger partial charge in [-0.2, -0.15) is 0 Å². The average Bonchev–Trinajstić information content (AvgIpc) is 2.03. The number of carbonyl (C=O) groups is 2. The summed E-state index contributed by atoms with van der Waals surface area (Å²) in [7, 11) is 0. The van der Waals surface area contributed by atoms with Crippen LogP contribution >= 0.6 is 0 Å². The minimum atomic E-state index is -0.708. The Kier molecular flexibility index (Phi) is 4.54. The molecule has 0 aromatic rings. The first-order valence-electron chi connectivity index (χ1n) is 4.71. The van der Waals surface area contributed by atoms with Crippen molar-refractivity contribution in [2.45, 2.75) is 39.7 Å². The molecule has 0 bridgehead atoms. The highest BCUT2D eigenvalue weighted by Crippen LogP contribution is 2.15. The van der Waals surface area contributed by atoms with E-state index in [9.17, 15) is 9.59 Å². The Balaban J connectivity index is 4.47. The molecule has 1 atom stereocenters. The number of hydrogen-bond acceptors (Lipinski definition) is 3. The molecule has 0 N–H and O–H groups in total. The van der Waals surface area contributed by atoms with Crippen LogP contribution in [-0.4, -0.2) is 17.4 Å². The smallest absolute Gasteiger partial charge is 0.317 e. The first kappa shape index (κ1) is 12.9. The first-order chi connectivity index (χ1) is 6.34. The molecule has 0 saturated carbocycles. The molecule has 14 heavy (non-hydrogen) atoms. The number of rotatable bonds is 5. The molecular weight excluding hydrogens is 180 g/mol. The third-order valence-corrected chi connectivity index (χ3v) is 2.04. The van der Waals surface area contributed by atoms with Crippen molar-refractivity contribution in [1.82, 2.24) is 0 Å². The number of hydrogen-bond donors (Lipinski definition) is 0. The lowest BCUT2D eigenvalue weighted by molar-refractivity contribution is -0.159. The molecule has 0 aromatic heterocycles. The second-order valence-electron chi connectivity index (χ2n) is 3.80. The van der Waals surface area contributed by atoms with Crippen molar-refractivity contribution < 1.29 is 14.3 Å². The summed E-state index contributed by atoms with van der Waals surface area (Å²) < 4.78 is 5.12. The van der Waals surface area contributed by atoms with Gasteiger partial charge in [-0.1, -0.05) is 13.5 Å². The van der Waals surface area contributed by atoms with Crippen molar-refractivity contribution in [1.29, 1.82) is 0 Å². The van der Waals surface area contributed by atoms with E-state index in [0.717, 1.165) is 0 Å². The van der Waals surface area contributed by atoms with Gasteiger partial charge in [-0.3, -0.25) is 9.59 Å². The number of carbonyl (C=O) groups excluding carboxylic acids is 2. The SMILES string of the molecule is C=CC(C)(C)OC(=O)C(CC)C(C)=O. The normalized spacial score (nSPS) is 13.1. The Morgan fingerprint density at radius 1 is 1.50 bits per heavy atom. The fraction of sp³-hybridized carbons (Fsp3) is 0.636. The number of Topliss-reactive ketones (excluding diaryl/α,β-unsaturated/α-hetero) is 1. The van der Waals surface area contributed by atoms with Crippen molar-refractivity contribution in [3.63, 3.8) is 0 Å². The predicted octanol–water partition coefficient (Wildman–Crippen LogP) is 2.11. The van der Waals surface area contributed by atoms with E-state index in [2.05, 4.69) is 6.58 Å². The molecule has 0 aliphatic heterocycles. The molecule has 0 radical (unpaired) electrons. The van der Waals surface area contributed by atoms with Gasteiger partial charge in [-0.25, -0.2) is 0 Å². The highest BCUT2D eigenvalue weighted by atomic mass is 16.6. The number of esters is 1. The van der Waals surface area contributed by atoms with Crippen molar-refractivity contribution in [3.05, 3.63) is 12.7 Å². The molecular formula is C11H18O3. The van der Waals surface area contributed by atoms with Gasteiger partial charge in [0.1, 0.15) is 17.3 Å². The Morgan fingerprint density at radius 3 is 2.29 bits per heavy atom. The van der Waals surface area contributed by atoms with Gasteiger partial charge in [0.25, 0.3) is 0 Å². The average molecular weight is 198 g/mol. The molecule has 0 amide bonds.